The third-order valence-electron chi connectivity index (χ3n) is 3.29. The molecule has 1 saturated carbocycles. The van der Waals surface area contributed by atoms with Crippen LogP contribution in [0.2, 0.25) is 0 Å². The summed E-state index contributed by atoms with van der Waals surface area (Å²) in [5, 5.41) is 9.54. The summed E-state index contributed by atoms with van der Waals surface area (Å²) in [5.41, 5.74) is 0. The molecule has 3 atom stereocenters. The van der Waals surface area contributed by atoms with Crippen molar-refractivity contribution in [2.45, 2.75) is 25.4 Å². The molecule has 1 aliphatic heterocycles. The van der Waals surface area contributed by atoms with Gasteiger partial charge < -0.3 is 5.11 Å². The molecule has 0 amide bonds. The van der Waals surface area contributed by atoms with Gasteiger partial charge in [-0.15, -0.1) is 0 Å². The number of rotatable bonds is 2. The van der Waals surface area contributed by atoms with Gasteiger partial charge in [0, 0.05) is 19.0 Å². The summed E-state index contributed by atoms with van der Waals surface area (Å²) in [6.07, 6.45) is -0.618. The third-order valence-corrected chi connectivity index (χ3v) is 3.29. The van der Waals surface area contributed by atoms with Crippen molar-refractivity contribution < 1.29 is 13.9 Å². The maximum Gasteiger partial charge on any atom is 0.251 e. The number of fused-ring (bicyclic) bond motifs is 1. The average molecular weight is 191 g/mol. The first-order valence-electron chi connectivity index (χ1n) is 4.85. The van der Waals surface area contributed by atoms with Gasteiger partial charge in [0.1, 0.15) is 0 Å². The molecule has 76 valence electrons. The molecule has 13 heavy (non-hydrogen) atoms. The minimum Gasteiger partial charge on any atom is -0.393 e. The van der Waals surface area contributed by atoms with Gasteiger partial charge in [0.25, 0.3) is 6.43 Å². The number of alkyl halides is 2. The second-order valence-electron chi connectivity index (χ2n) is 4.18. The molecule has 3 unspecified atom stereocenters. The summed E-state index contributed by atoms with van der Waals surface area (Å²) in [5.74, 6) is 0.729. The maximum atomic E-state index is 12.1. The highest BCUT2D eigenvalue weighted by atomic mass is 19.3. The molecule has 1 heterocycles. The van der Waals surface area contributed by atoms with Crippen molar-refractivity contribution in [3.63, 3.8) is 0 Å². The first-order valence-corrected chi connectivity index (χ1v) is 4.85. The van der Waals surface area contributed by atoms with E-state index < -0.39 is 6.43 Å². The SMILES string of the molecule is OC1CCC2CN(CC(F)F)CC12. The van der Waals surface area contributed by atoms with Crippen molar-refractivity contribution in [3.8, 4) is 0 Å². The minimum atomic E-state index is -2.24. The quantitative estimate of drug-likeness (QED) is 0.702. The summed E-state index contributed by atoms with van der Waals surface area (Å²) in [4.78, 5) is 1.78. The molecule has 4 heteroatoms. The van der Waals surface area contributed by atoms with E-state index in [-0.39, 0.29) is 18.6 Å². The summed E-state index contributed by atoms with van der Waals surface area (Å²) < 4.78 is 24.1. The number of likely N-dealkylation sites (tertiary alicyclic amines) is 1. The van der Waals surface area contributed by atoms with Gasteiger partial charge in [-0.25, -0.2) is 8.78 Å². The van der Waals surface area contributed by atoms with Crippen molar-refractivity contribution in [2.75, 3.05) is 19.6 Å². The molecule has 1 saturated heterocycles. The van der Waals surface area contributed by atoms with Crippen molar-refractivity contribution in [1.29, 1.82) is 0 Å². The Bertz CT molecular complexity index is 188. The lowest BCUT2D eigenvalue weighted by atomic mass is 10.00. The average Bonchev–Trinajstić information content (AvgIpc) is 2.53. The van der Waals surface area contributed by atoms with Crippen LogP contribution >= 0.6 is 0 Å². The molecule has 0 spiro atoms. The first kappa shape index (κ1) is 9.34. The smallest absolute Gasteiger partial charge is 0.251 e. The van der Waals surface area contributed by atoms with Gasteiger partial charge >= 0.3 is 0 Å². The molecule has 1 aliphatic carbocycles. The van der Waals surface area contributed by atoms with Gasteiger partial charge in [-0.2, -0.15) is 0 Å². The Morgan fingerprint density at radius 2 is 2.08 bits per heavy atom. The second-order valence-corrected chi connectivity index (χ2v) is 4.18. The maximum absolute atomic E-state index is 12.1. The molecule has 1 N–H and O–H groups in total. The zero-order chi connectivity index (χ0) is 9.42. The van der Waals surface area contributed by atoms with Crippen LogP contribution in [0.25, 0.3) is 0 Å². The van der Waals surface area contributed by atoms with E-state index in [1.165, 1.54) is 0 Å². The molecule has 0 aromatic heterocycles. The van der Waals surface area contributed by atoms with E-state index in [4.69, 9.17) is 0 Å². The summed E-state index contributed by atoms with van der Waals surface area (Å²) in [7, 11) is 0. The molecule has 2 rings (SSSR count). The van der Waals surface area contributed by atoms with Crippen LogP contribution in [0.3, 0.4) is 0 Å². The van der Waals surface area contributed by atoms with Crippen LogP contribution in [-0.4, -0.2) is 42.2 Å². The fourth-order valence-electron chi connectivity index (χ4n) is 2.67. The van der Waals surface area contributed by atoms with Crippen LogP contribution in [0.5, 0.6) is 0 Å². The van der Waals surface area contributed by atoms with Crippen LogP contribution in [0, 0.1) is 11.8 Å². The normalized spacial score (nSPS) is 40.2. The number of nitrogens with zero attached hydrogens (tertiary/aromatic N) is 1. The molecular weight excluding hydrogens is 176 g/mol. The molecule has 2 fully saturated rings. The topological polar surface area (TPSA) is 23.5 Å². The summed E-state index contributed by atoms with van der Waals surface area (Å²) in [6, 6.07) is 0. The molecule has 0 radical (unpaired) electrons. The molecule has 0 aromatic rings. The van der Waals surface area contributed by atoms with E-state index in [2.05, 4.69) is 0 Å². The highest BCUT2D eigenvalue weighted by Gasteiger charge is 2.42. The summed E-state index contributed by atoms with van der Waals surface area (Å²) in [6.45, 7) is 1.29. The zero-order valence-electron chi connectivity index (χ0n) is 7.50. The Kier molecular flexibility index (Phi) is 2.51. The van der Waals surface area contributed by atoms with E-state index in [1.807, 2.05) is 0 Å². The number of aliphatic hydroxyl groups is 1. The van der Waals surface area contributed by atoms with Crippen molar-refractivity contribution in [1.82, 2.24) is 4.90 Å². The van der Waals surface area contributed by atoms with Gasteiger partial charge in [-0.1, -0.05) is 0 Å². The third kappa shape index (κ3) is 1.83. The Morgan fingerprint density at radius 3 is 2.69 bits per heavy atom. The van der Waals surface area contributed by atoms with Gasteiger partial charge in [0.15, 0.2) is 0 Å². The van der Waals surface area contributed by atoms with Crippen LogP contribution in [0.4, 0.5) is 8.78 Å². The number of halogens is 2. The van der Waals surface area contributed by atoms with Gasteiger partial charge in [0.05, 0.1) is 12.6 Å². The molecule has 0 bridgehead atoms. The fraction of sp³-hybridized carbons (Fsp3) is 1.00. The highest BCUT2D eigenvalue weighted by Crippen LogP contribution is 2.38. The van der Waals surface area contributed by atoms with Crippen LogP contribution < -0.4 is 0 Å². The number of aliphatic hydroxyl groups excluding tert-OH is 1. The number of hydrogen-bond acceptors (Lipinski definition) is 2. The van der Waals surface area contributed by atoms with Gasteiger partial charge in [-0.3, -0.25) is 4.90 Å². The monoisotopic (exact) mass is 191 g/mol. The fourth-order valence-corrected chi connectivity index (χ4v) is 2.67. The predicted octanol–water partition coefficient (Wildman–Crippen LogP) is 0.954. The Morgan fingerprint density at radius 1 is 1.31 bits per heavy atom. The lowest BCUT2D eigenvalue weighted by Gasteiger charge is -2.16. The largest absolute Gasteiger partial charge is 0.393 e. The first-order chi connectivity index (χ1) is 6.16. The Hall–Kier alpha value is -0.220. The molecule has 0 aromatic carbocycles. The number of hydrogen-bond donors (Lipinski definition) is 1. The van der Waals surface area contributed by atoms with Crippen molar-refractivity contribution >= 4 is 0 Å². The van der Waals surface area contributed by atoms with E-state index in [1.54, 1.807) is 4.90 Å². The molecule has 2 nitrogen and oxygen atoms in total. The lowest BCUT2D eigenvalue weighted by molar-refractivity contribution is 0.0843. The zero-order valence-corrected chi connectivity index (χ0v) is 7.50. The highest BCUT2D eigenvalue weighted by molar-refractivity contribution is 4.93. The van der Waals surface area contributed by atoms with Crippen LogP contribution in [-0.2, 0) is 0 Å². The minimum absolute atomic E-state index is 0.125. The lowest BCUT2D eigenvalue weighted by Crippen LogP contribution is -2.29. The summed E-state index contributed by atoms with van der Waals surface area (Å²) >= 11 is 0. The Labute approximate surface area is 76.5 Å². The van der Waals surface area contributed by atoms with Gasteiger partial charge in [-0.05, 0) is 18.8 Å². The van der Waals surface area contributed by atoms with Crippen molar-refractivity contribution in [3.05, 3.63) is 0 Å². The van der Waals surface area contributed by atoms with Crippen molar-refractivity contribution in [2.24, 2.45) is 11.8 Å². The van der Waals surface area contributed by atoms with Crippen LogP contribution in [0.15, 0.2) is 0 Å². The van der Waals surface area contributed by atoms with Crippen LogP contribution in [0.1, 0.15) is 12.8 Å². The van der Waals surface area contributed by atoms with E-state index in [9.17, 15) is 13.9 Å². The van der Waals surface area contributed by atoms with E-state index in [0.29, 0.717) is 12.5 Å². The van der Waals surface area contributed by atoms with Gasteiger partial charge in [0.2, 0.25) is 0 Å². The predicted molar refractivity (Wildman–Crippen MR) is 44.7 cm³/mol. The van der Waals surface area contributed by atoms with E-state index >= 15 is 0 Å². The molecule has 2 aliphatic rings. The Balaban J connectivity index is 1.87. The van der Waals surface area contributed by atoms with E-state index in [0.717, 1.165) is 19.4 Å². The standard InChI is InChI=1S/C9H15F2NO/c10-9(11)5-12-3-6-1-2-8(13)7(6)4-12/h6-9,13H,1-5H2. The molecular formula is C9H15F2NO. The second kappa shape index (κ2) is 3.50.